The number of rotatable bonds is 6. The number of fused-ring (bicyclic) bond motifs is 1. The molecule has 0 bridgehead atoms. The van der Waals surface area contributed by atoms with E-state index in [0.717, 1.165) is 17.7 Å². The van der Waals surface area contributed by atoms with Crippen molar-refractivity contribution < 1.29 is 22.7 Å². The second-order valence-corrected chi connectivity index (χ2v) is 10.2. The van der Waals surface area contributed by atoms with E-state index in [1.807, 2.05) is 26.0 Å². The molecule has 174 valence electrons. The van der Waals surface area contributed by atoms with Crippen LogP contribution in [0.5, 0.6) is 11.5 Å². The summed E-state index contributed by atoms with van der Waals surface area (Å²) in [5, 5.41) is 12.2. The maximum atomic E-state index is 13.0. The van der Waals surface area contributed by atoms with Gasteiger partial charge in [-0.15, -0.1) is 0 Å². The molecular weight excluding hydrogens is 442 g/mol. The number of anilines is 1. The molecule has 8 nitrogen and oxygen atoms in total. The van der Waals surface area contributed by atoms with Crippen molar-refractivity contribution in [1.29, 1.82) is 5.26 Å². The maximum Gasteiger partial charge on any atom is 0.244 e. The first-order chi connectivity index (χ1) is 15.8. The Balaban J connectivity index is 1.44. The molecule has 2 heterocycles. The monoisotopic (exact) mass is 469 g/mol. The average molecular weight is 470 g/mol. The Kier molecular flexibility index (Phi) is 6.58. The molecule has 0 saturated carbocycles. The van der Waals surface area contributed by atoms with Gasteiger partial charge in [-0.25, -0.2) is 8.42 Å². The van der Waals surface area contributed by atoms with Gasteiger partial charge in [0.25, 0.3) is 0 Å². The summed E-state index contributed by atoms with van der Waals surface area (Å²) in [5.74, 6) is 0.857. The van der Waals surface area contributed by atoms with E-state index in [1.165, 1.54) is 16.4 Å². The smallest absolute Gasteiger partial charge is 0.244 e. The maximum absolute atomic E-state index is 13.0. The highest BCUT2D eigenvalue weighted by molar-refractivity contribution is 7.89. The second kappa shape index (κ2) is 9.41. The second-order valence-electron chi connectivity index (χ2n) is 8.30. The van der Waals surface area contributed by atoms with Crippen molar-refractivity contribution in [3.05, 3.63) is 47.5 Å². The lowest BCUT2D eigenvalue weighted by Gasteiger charge is -2.30. The SMILES string of the molecule is CCOc1cc2c(cc1NC(=O)C1CCN(S(=O)(=O)c3ccccc3C#N)CC1)O[C@@H](C)C2. The molecule has 4 rings (SSSR count). The number of hydrogen-bond donors (Lipinski definition) is 1. The number of nitrogens with one attached hydrogen (secondary N) is 1. The normalized spacial score (nSPS) is 18.8. The lowest BCUT2D eigenvalue weighted by molar-refractivity contribution is -0.120. The van der Waals surface area contributed by atoms with Crippen molar-refractivity contribution >= 4 is 21.6 Å². The highest BCUT2D eigenvalue weighted by Crippen LogP contribution is 2.38. The van der Waals surface area contributed by atoms with E-state index < -0.39 is 10.0 Å². The summed E-state index contributed by atoms with van der Waals surface area (Å²) < 4.78 is 39.0. The van der Waals surface area contributed by atoms with E-state index in [0.29, 0.717) is 30.9 Å². The molecule has 0 radical (unpaired) electrons. The van der Waals surface area contributed by atoms with Crippen LogP contribution < -0.4 is 14.8 Å². The Bertz CT molecular complexity index is 1200. The van der Waals surface area contributed by atoms with Crippen LogP contribution in [0, 0.1) is 17.2 Å². The molecule has 1 saturated heterocycles. The summed E-state index contributed by atoms with van der Waals surface area (Å²) in [4.78, 5) is 13.0. The molecule has 1 fully saturated rings. The zero-order valence-electron chi connectivity index (χ0n) is 18.7. The van der Waals surface area contributed by atoms with Gasteiger partial charge in [0.1, 0.15) is 23.7 Å². The molecule has 2 aromatic rings. The van der Waals surface area contributed by atoms with Crippen LogP contribution in [-0.4, -0.2) is 44.4 Å². The number of ether oxygens (including phenoxy) is 2. The largest absolute Gasteiger partial charge is 0.492 e. The molecular formula is C24H27N3O5S. The zero-order valence-corrected chi connectivity index (χ0v) is 19.5. The number of hydrogen-bond acceptors (Lipinski definition) is 6. The van der Waals surface area contributed by atoms with Crippen molar-refractivity contribution in [3.8, 4) is 17.6 Å². The van der Waals surface area contributed by atoms with Gasteiger partial charge in [0, 0.05) is 37.1 Å². The first kappa shape index (κ1) is 23.1. The van der Waals surface area contributed by atoms with Gasteiger partial charge in [-0.1, -0.05) is 12.1 Å². The summed E-state index contributed by atoms with van der Waals surface area (Å²) in [5.41, 5.74) is 1.74. The molecule has 1 atom stereocenters. The molecule has 2 aromatic carbocycles. The lowest BCUT2D eigenvalue weighted by Crippen LogP contribution is -2.41. The van der Waals surface area contributed by atoms with Crippen LogP contribution in [0.15, 0.2) is 41.3 Å². The van der Waals surface area contributed by atoms with Crippen LogP contribution in [0.4, 0.5) is 5.69 Å². The van der Waals surface area contributed by atoms with Gasteiger partial charge in [0.05, 0.1) is 22.8 Å². The summed E-state index contributed by atoms with van der Waals surface area (Å²) in [6, 6.07) is 11.8. The molecule has 0 aromatic heterocycles. The van der Waals surface area contributed by atoms with Crippen LogP contribution in [0.1, 0.15) is 37.8 Å². The number of amides is 1. The Hall–Kier alpha value is -3.09. The van der Waals surface area contributed by atoms with Crippen molar-refractivity contribution in [2.24, 2.45) is 5.92 Å². The third-order valence-electron chi connectivity index (χ3n) is 6.01. The van der Waals surface area contributed by atoms with Gasteiger partial charge in [-0.2, -0.15) is 9.57 Å². The molecule has 2 aliphatic heterocycles. The summed E-state index contributed by atoms with van der Waals surface area (Å²) >= 11 is 0. The van der Waals surface area contributed by atoms with Gasteiger partial charge < -0.3 is 14.8 Å². The average Bonchev–Trinajstić information content (AvgIpc) is 3.18. The minimum atomic E-state index is -3.80. The fourth-order valence-corrected chi connectivity index (χ4v) is 5.94. The number of carbonyl (C=O) groups is 1. The topological polar surface area (TPSA) is 109 Å². The number of benzene rings is 2. The van der Waals surface area contributed by atoms with E-state index in [-0.39, 0.29) is 41.5 Å². The van der Waals surface area contributed by atoms with Crippen LogP contribution >= 0.6 is 0 Å². The fourth-order valence-electron chi connectivity index (χ4n) is 4.33. The molecule has 1 N–H and O–H groups in total. The van der Waals surface area contributed by atoms with Crippen molar-refractivity contribution in [1.82, 2.24) is 4.31 Å². The van der Waals surface area contributed by atoms with Gasteiger partial charge in [0.2, 0.25) is 15.9 Å². The van der Waals surface area contributed by atoms with Gasteiger partial charge in [-0.3, -0.25) is 4.79 Å². The quantitative estimate of drug-likeness (QED) is 0.695. The number of piperidine rings is 1. The number of sulfonamides is 1. The van der Waals surface area contributed by atoms with E-state index in [9.17, 15) is 18.5 Å². The summed E-state index contributed by atoms with van der Waals surface area (Å²) in [6.07, 6.45) is 1.66. The molecule has 9 heteroatoms. The van der Waals surface area contributed by atoms with Crippen molar-refractivity contribution in [2.75, 3.05) is 25.0 Å². The summed E-state index contributed by atoms with van der Waals surface area (Å²) in [7, 11) is -3.80. The molecule has 33 heavy (non-hydrogen) atoms. The van der Waals surface area contributed by atoms with Crippen LogP contribution in [0.25, 0.3) is 0 Å². The first-order valence-electron chi connectivity index (χ1n) is 11.1. The van der Waals surface area contributed by atoms with Crippen molar-refractivity contribution in [3.63, 3.8) is 0 Å². The Morgan fingerprint density at radius 2 is 2.00 bits per heavy atom. The van der Waals surface area contributed by atoms with Gasteiger partial charge in [0.15, 0.2) is 0 Å². The Morgan fingerprint density at radius 3 is 2.70 bits per heavy atom. The fraction of sp³-hybridized carbons (Fsp3) is 0.417. The highest BCUT2D eigenvalue weighted by atomic mass is 32.2. The van der Waals surface area contributed by atoms with Crippen LogP contribution in [-0.2, 0) is 21.2 Å². The minimum Gasteiger partial charge on any atom is -0.492 e. The Labute approximate surface area is 194 Å². The van der Waals surface area contributed by atoms with E-state index in [2.05, 4.69) is 5.32 Å². The third kappa shape index (κ3) is 4.68. The third-order valence-corrected chi connectivity index (χ3v) is 7.96. The number of nitrogens with zero attached hydrogens (tertiary/aromatic N) is 2. The number of nitriles is 1. The van der Waals surface area contributed by atoms with Crippen LogP contribution in [0.2, 0.25) is 0 Å². The standard InChI is InChI=1S/C24H27N3O5S/c1-3-31-22-13-19-12-16(2)32-21(19)14-20(22)26-24(28)17-8-10-27(11-9-17)33(29,30)23-7-5-4-6-18(23)15-25/h4-7,13-14,16-17H,3,8-12H2,1-2H3,(H,26,28)/t16-/m0/s1. The van der Waals surface area contributed by atoms with Gasteiger partial charge in [-0.05, 0) is 44.9 Å². The van der Waals surface area contributed by atoms with E-state index >= 15 is 0 Å². The van der Waals surface area contributed by atoms with Crippen LogP contribution in [0.3, 0.4) is 0 Å². The van der Waals surface area contributed by atoms with Crippen molar-refractivity contribution in [2.45, 2.75) is 44.1 Å². The molecule has 2 aliphatic rings. The summed E-state index contributed by atoms with van der Waals surface area (Å²) in [6.45, 7) is 4.78. The predicted octanol–water partition coefficient (Wildman–Crippen LogP) is 3.32. The van der Waals surface area contributed by atoms with Gasteiger partial charge >= 0.3 is 0 Å². The zero-order chi connectivity index (χ0) is 23.6. The predicted molar refractivity (Wildman–Crippen MR) is 123 cm³/mol. The molecule has 0 aliphatic carbocycles. The number of carbonyl (C=O) groups excluding carboxylic acids is 1. The first-order valence-corrected chi connectivity index (χ1v) is 12.5. The molecule has 0 unspecified atom stereocenters. The van der Waals surface area contributed by atoms with E-state index in [1.54, 1.807) is 18.2 Å². The Morgan fingerprint density at radius 1 is 1.27 bits per heavy atom. The lowest BCUT2D eigenvalue weighted by atomic mass is 9.97. The van der Waals surface area contributed by atoms with E-state index in [4.69, 9.17) is 9.47 Å². The molecule has 0 spiro atoms. The minimum absolute atomic E-state index is 0.00382. The molecule has 1 amide bonds. The highest BCUT2D eigenvalue weighted by Gasteiger charge is 2.34.